The molecule has 0 aliphatic heterocycles. The topological polar surface area (TPSA) is 97.4 Å². The fraction of sp³-hybridized carbons (Fsp3) is 0.480. The van der Waals surface area contributed by atoms with Crippen LogP contribution in [0.15, 0.2) is 47.2 Å². The molecule has 2 aliphatic rings. The summed E-state index contributed by atoms with van der Waals surface area (Å²) in [7, 11) is 0. The zero-order valence-electron chi connectivity index (χ0n) is 17.7. The first-order chi connectivity index (χ1) is 13.7. The lowest BCUT2D eigenvalue weighted by atomic mass is 9.54. The standard InChI is InChI=1S/C25H28N4/c1-5-16-6-8-17(9-7-16)22-20-12-18(24(2,3)4)10-11-19(20)21(13-26)23(29)25(22,14-27)15-28/h6-9,11,18,20,22H,5,10,12,29H2,1-4H3. The zero-order valence-corrected chi connectivity index (χ0v) is 17.7. The Bertz CT molecular complexity index is 970. The van der Waals surface area contributed by atoms with Gasteiger partial charge in [-0.15, -0.1) is 0 Å². The molecule has 4 nitrogen and oxygen atoms in total. The van der Waals surface area contributed by atoms with Crippen LogP contribution in [0.3, 0.4) is 0 Å². The molecular weight excluding hydrogens is 356 g/mol. The molecule has 1 aromatic carbocycles. The third-order valence-corrected chi connectivity index (χ3v) is 6.85. The Morgan fingerprint density at radius 1 is 1.10 bits per heavy atom. The normalized spacial score (nSPS) is 25.8. The van der Waals surface area contributed by atoms with Crippen molar-refractivity contribution in [2.24, 2.45) is 28.4 Å². The van der Waals surface area contributed by atoms with Gasteiger partial charge in [-0.25, -0.2) is 0 Å². The number of benzene rings is 1. The Hall–Kier alpha value is -3.03. The lowest BCUT2D eigenvalue weighted by Gasteiger charge is -2.47. The zero-order chi connectivity index (χ0) is 21.4. The molecule has 0 heterocycles. The van der Waals surface area contributed by atoms with Gasteiger partial charge in [0.15, 0.2) is 5.41 Å². The van der Waals surface area contributed by atoms with Crippen molar-refractivity contribution in [1.29, 1.82) is 15.8 Å². The molecular formula is C25H28N4. The predicted molar refractivity (Wildman–Crippen MR) is 113 cm³/mol. The molecule has 0 saturated carbocycles. The summed E-state index contributed by atoms with van der Waals surface area (Å²) in [6.07, 6.45) is 4.76. The Kier molecular flexibility index (Phi) is 5.30. The van der Waals surface area contributed by atoms with E-state index < -0.39 is 11.3 Å². The molecule has 0 aromatic heterocycles. The van der Waals surface area contributed by atoms with Crippen LogP contribution in [0.1, 0.15) is 57.6 Å². The third kappa shape index (κ3) is 3.22. The van der Waals surface area contributed by atoms with Crippen molar-refractivity contribution in [1.82, 2.24) is 0 Å². The maximum atomic E-state index is 10.2. The van der Waals surface area contributed by atoms with Crippen LogP contribution in [0, 0.1) is 56.7 Å². The van der Waals surface area contributed by atoms with Crippen LogP contribution in [0.5, 0.6) is 0 Å². The van der Waals surface area contributed by atoms with Gasteiger partial charge in [0, 0.05) is 5.92 Å². The molecule has 0 spiro atoms. The first kappa shape index (κ1) is 20.7. The average Bonchev–Trinajstić information content (AvgIpc) is 2.72. The van der Waals surface area contributed by atoms with Gasteiger partial charge in [-0.2, -0.15) is 15.8 Å². The van der Waals surface area contributed by atoms with Gasteiger partial charge in [-0.05, 0) is 53.2 Å². The summed E-state index contributed by atoms with van der Waals surface area (Å²) in [5.74, 6) is -0.0679. The van der Waals surface area contributed by atoms with Crippen molar-refractivity contribution in [3.05, 3.63) is 58.3 Å². The number of nitriles is 3. The lowest BCUT2D eigenvalue weighted by Crippen LogP contribution is -2.44. The van der Waals surface area contributed by atoms with Crippen molar-refractivity contribution in [3.63, 3.8) is 0 Å². The van der Waals surface area contributed by atoms with Gasteiger partial charge in [0.1, 0.15) is 6.07 Å². The van der Waals surface area contributed by atoms with Crippen LogP contribution in [0.4, 0.5) is 0 Å². The van der Waals surface area contributed by atoms with Crippen molar-refractivity contribution in [3.8, 4) is 18.2 Å². The second kappa shape index (κ2) is 7.42. The van der Waals surface area contributed by atoms with E-state index in [1.807, 2.05) is 12.1 Å². The highest BCUT2D eigenvalue weighted by Gasteiger charge is 2.54. The van der Waals surface area contributed by atoms with Gasteiger partial charge in [0.25, 0.3) is 0 Å². The van der Waals surface area contributed by atoms with E-state index in [1.165, 1.54) is 5.56 Å². The highest BCUT2D eigenvalue weighted by Crippen LogP contribution is 2.57. The minimum atomic E-state index is -1.54. The Labute approximate surface area is 173 Å². The molecule has 0 fully saturated rings. The van der Waals surface area contributed by atoms with Gasteiger partial charge < -0.3 is 5.73 Å². The SMILES string of the molecule is CCc1ccc(C2C3CC(C(C)(C)C)CC=C3C(C#N)=C(N)C2(C#N)C#N)cc1. The Morgan fingerprint density at radius 3 is 2.21 bits per heavy atom. The van der Waals surface area contributed by atoms with E-state index in [1.54, 1.807) is 0 Å². The summed E-state index contributed by atoms with van der Waals surface area (Å²) in [6.45, 7) is 8.77. The molecule has 0 saturated heterocycles. The highest BCUT2D eigenvalue weighted by molar-refractivity contribution is 5.59. The van der Waals surface area contributed by atoms with Crippen LogP contribution in [0.25, 0.3) is 0 Å². The van der Waals surface area contributed by atoms with Crippen molar-refractivity contribution in [2.45, 2.75) is 52.9 Å². The maximum absolute atomic E-state index is 10.2. The second-order valence-electron chi connectivity index (χ2n) is 9.31. The summed E-state index contributed by atoms with van der Waals surface area (Å²) in [5, 5.41) is 30.1. The van der Waals surface area contributed by atoms with Gasteiger partial charge in [0.05, 0.1) is 23.4 Å². The second-order valence-corrected chi connectivity index (χ2v) is 9.31. The number of fused-ring (bicyclic) bond motifs is 1. The highest BCUT2D eigenvalue weighted by atomic mass is 14.7. The maximum Gasteiger partial charge on any atom is 0.191 e. The molecule has 148 valence electrons. The van der Waals surface area contributed by atoms with E-state index in [0.29, 0.717) is 11.5 Å². The van der Waals surface area contributed by atoms with Crippen LogP contribution < -0.4 is 5.73 Å². The molecule has 3 rings (SSSR count). The number of rotatable bonds is 2. The molecule has 4 heteroatoms. The smallest absolute Gasteiger partial charge is 0.191 e. The molecule has 1 aromatic rings. The fourth-order valence-corrected chi connectivity index (χ4v) is 4.93. The van der Waals surface area contributed by atoms with Crippen molar-refractivity contribution >= 4 is 0 Å². The number of hydrogen-bond acceptors (Lipinski definition) is 4. The van der Waals surface area contributed by atoms with Crippen LogP contribution >= 0.6 is 0 Å². The largest absolute Gasteiger partial charge is 0.399 e. The quantitative estimate of drug-likeness (QED) is 0.765. The third-order valence-electron chi connectivity index (χ3n) is 6.85. The van der Waals surface area contributed by atoms with E-state index in [-0.39, 0.29) is 17.0 Å². The van der Waals surface area contributed by atoms with Crippen LogP contribution in [0.2, 0.25) is 0 Å². The fourth-order valence-electron chi connectivity index (χ4n) is 4.93. The molecule has 29 heavy (non-hydrogen) atoms. The number of nitrogens with zero attached hydrogens (tertiary/aromatic N) is 3. The summed E-state index contributed by atoms with van der Waals surface area (Å²) >= 11 is 0. The minimum absolute atomic E-state index is 0.0818. The molecule has 3 unspecified atom stereocenters. The molecule has 3 atom stereocenters. The van der Waals surface area contributed by atoms with Gasteiger partial charge in [-0.1, -0.05) is 58.0 Å². The van der Waals surface area contributed by atoms with E-state index in [0.717, 1.165) is 30.4 Å². The van der Waals surface area contributed by atoms with Gasteiger partial charge >= 0.3 is 0 Å². The minimum Gasteiger partial charge on any atom is -0.399 e. The molecule has 2 aliphatic carbocycles. The molecule has 2 N–H and O–H groups in total. The van der Waals surface area contributed by atoms with Gasteiger partial charge in [0.2, 0.25) is 0 Å². The molecule has 0 bridgehead atoms. The summed E-state index contributed by atoms with van der Waals surface area (Å²) in [6, 6.07) is 14.8. The van der Waals surface area contributed by atoms with Crippen molar-refractivity contribution < 1.29 is 0 Å². The van der Waals surface area contributed by atoms with Crippen molar-refractivity contribution in [2.75, 3.05) is 0 Å². The first-order valence-corrected chi connectivity index (χ1v) is 10.3. The summed E-state index contributed by atoms with van der Waals surface area (Å²) in [5.41, 5.74) is 8.42. The Balaban J connectivity index is 2.27. The monoisotopic (exact) mass is 384 g/mol. The summed E-state index contributed by atoms with van der Waals surface area (Å²) < 4.78 is 0. The molecule has 0 radical (unpaired) electrons. The number of allylic oxidation sites excluding steroid dienone is 4. The predicted octanol–water partition coefficient (Wildman–Crippen LogP) is 5.11. The number of aryl methyl sites for hydroxylation is 1. The summed E-state index contributed by atoms with van der Waals surface area (Å²) in [4.78, 5) is 0. The number of nitrogens with two attached hydrogens (primary N) is 1. The Morgan fingerprint density at radius 2 is 1.72 bits per heavy atom. The van der Waals surface area contributed by atoms with E-state index in [2.05, 4.69) is 64.1 Å². The van der Waals surface area contributed by atoms with E-state index >= 15 is 0 Å². The lowest BCUT2D eigenvalue weighted by molar-refractivity contribution is 0.170. The van der Waals surface area contributed by atoms with Crippen LogP contribution in [-0.4, -0.2) is 0 Å². The molecule has 0 amide bonds. The number of hydrogen-bond donors (Lipinski definition) is 1. The average molecular weight is 385 g/mol. The van der Waals surface area contributed by atoms with Gasteiger partial charge in [-0.3, -0.25) is 0 Å². The van der Waals surface area contributed by atoms with Crippen LogP contribution in [-0.2, 0) is 6.42 Å². The van der Waals surface area contributed by atoms with E-state index in [9.17, 15) is 15.8 Å². The first-order valence-electron chi connectivity index (χ1n) is 10.3. The van der Waals surface area contributed by atoms with E-state index in [4.69, 9.17) is 5.73 Å².